The molecule has 11 nitrogen and oxygen atoms in total. The van der Waals surface area contributed by atoms with Crippen molar-refractivity contribution in [3.8, 4) is 34.8 Å². The number of benzene rings is 5. The number of aliphatic hydroxyl groups excluding tert-OH is 1. The molecule has 7 aliphatic rings. The lowest BCUT2D eigenvalue weighted by molar-refractivity contribution is 0.00497. The minimum atomic E-state index is -0.672. The Bertz CT molecular complexity index is 3290. The summed E-state index contributed by atoms with van der Waals surface area (Å²) in [5.74, 6) is 9.53. The number of ether oxygens (including phenoxy) is 4. The van der Waals surface area contributed by atoms with Crippen molar-refractivity contribution in [2.75, 3.05) is 33.7 Å². The third kappa shape index (κ3) is 9.87. The van der Waals surface area contributed by atoms with Gasteiger partial charge in [0.15, 0.2) is 11.5 Å². The number of fused-ring (bicyclic) bond motifs is 5. The minimum Gasteiger partial charge on any atom is -0.508 e. The number of phenols is 3. The van der Waals surface area contributed by atoms with Crippen LogP contribution in [0.1, 0.15) is 95.0 Å². The summed E-state index contributed by atoms with van der Waals surface area (Å²) in [5.41, 5.74) is 11.3. The molecule has 0 spiro atoms. The molecule has 386 valence electrons. The van der Waals surface area contributed by atoms with Crippen LogP contribution in [-0.2, 0) is 51.9 Å². The topological polar surface area (TPSA) is 147 Å². The van der Waals surface area contributed by atoms with Gasteiger partial charge in [-0.3, -0.25) is 5.32 Å². The second-order valence-corrected chi connectivity index (χ2v) is 21.6. The number of dihydropyridines is 1. The number of aromatic hydroxyl groups is 3. The van der Waals surface area contributed by atoms with Crippen LogP contribution in [0.4, 0.5) is 0 Å². The lowest BCUT2D eigenvalue weighted by Gasteiger charge is -2.49. The zero-order chi connectivity index (χ0) is 51.0. The zero-order valence-electron chi connectivity index (χ0n) is 42.7. The van der Waals surface area contributed by atoms with Gasteiger partial charge in [-0.05, 0) is 145 Å². The fourth-order valence-electron chi connectivity index (χ4n) is 13.0. The number of nitrogens with one attached hydrogen (secondary N) is 2. The van der Waals surface area contributed by atoms with Crippen LogP contribution in [0.15, 0.2) is 127 Å². The predicted octanol–water partition coefficient (Wildman–Crippen LogP) is 10.2. The summed E-state index contributed by atoms with van der Waals surface area (Å²) in [6, 6.07) is 30.5. The fraction of sp³-hybridized carbons (Fsp3) is 0.375. The Morgan fingerprint density at radius 3 is 2.71 bits per heavy atom. The Hall–Kier alpha value is -6.78. The maximum Gasteiger partial charge on any atom is 0.168 e. The summed E-state index contributed by atoms with van der Waals surface area (Å²) >= 11 is 0. The zero-order valence-corrected chi connectivity index (χ0v) is 42.7. The van der Waals surface area contributed by atoms with Gasteiger partial charge in [0, 0.05) is 83.7 Å². The number of nitrogens with zero attached hydrogens (tertiary/aromatic N) is 1. The molecule has 6 N–H and O–H groups in total. The first-order chi connectivity index (χ1) is 36.7. The summed E-state index contributed by atoms with van der Waals surface area (Å²) in [6.07, 6.45) is 18.0. The van der Waals surface area contributed by atoms with E-state index in [9.17, 15) is 20.4 Å². The van der Waals surface area contributed by atoms with E-state index in [1.165, 1.54) is 16.7 Å². The molecule has 6 heterocycles. The van der Waals surface area contributed by atoms with Gasteiger partial charge in [-0.15, -0.1) is 0 Å². The number of aliphatic hydroxyl groups is 1. The van der Waals surface area contributed by atoms with E-state index in [0.29, 0.717) is 50.9 Å². The number of aryl methyl sites for hydroxylation is 2. The third-order valence-electron chi connectivity index (χ3n) is 17.0. The third-order valence-corrected chi connectivity index (χ3v) is 17.0. The average Bonchev–Trinajstić information content (AvgIpc) is 3.86. The van der Waals surface area contributed by atoms with Gasteiger partial charge in [0.2, 0.25) is 0 Å². The summed E-state index contributed by atoms with van der Waals surface area (Å²) in [7, 11) is 1.68. The average molecular weight is 1010 g/mol. The molecule has 13 rings (SSSR count). The summed E-state index contributed by atoms with van der Waals surface area (Å²) < 4.78 is 27.9. The van der Waals surface area contributed by atoms with Crippen molar-refractivity contribution in [3.05, 3.63) is 177 Å². The van der Waals surface area contributed by atoms with Crippen LogP contribution in [-0.4, -0.2) is 77.0 Å². The molecule has 1 unspecified atom stereocenters. The van der Waals surface area contributed by atoms with Crippen molar-refractivity contribution in [2.45, 2.75) is 101 Å². The van der Waals surface area contributed by atoms with E-state index in [1.807, 2.05) is 30.3 Å². The largest absolute Gasteiger partial charge is 0.508 e. The Kier molecular flexibility index (Phi) is 13.8. The first-order valence-electron chi connectivity index (χ1n) is 27.0. The lowest BCUT2D eigenvalue weighted by atomic mass is 9.57. The molecule has 1 aromatic heterocycles. The number of methoxy groups -OCH3 is 1. The predicted molar refractivity (Wildman–Crippen MR) is 291 cm³/mol. The van der Waals surface area contributed by atoms with Crippen molar-refractivity contribution in [1.82, 2.24) is 15.2 Å². The monoisotopic (exact) mass is 1010 g/mol. The van der Waals surface area contributed by atoms with Crippen LogP contribution in [0, 0.1) is 29.6 Å². The van der Waals surface area contributed by atoms with Gasteiger partial charge in [-0.25, -0.2) is 0 Å². The maximum atomic E-state index is 12.1. The molecular weight excluding hydrogens is 939 g/mol. The van der Waals surface area contributed by atoms with Gasteiger partial charge in [-0.2, -0.15) is 0 Å². The van der Waals surface area contributed by atoms with Gasteiger partial charge in [0.1, 0.15) is 30.1 Å². The Balaban J connectivity index is 0.976. The number of rotatable bonds is 9. The summed E-state index contributed by atoms with van der Waals surface area (Å²) in [4.78, 5) is 0. The van der Waals surface area contributed by atoms with Gasteiger partial charge in [0.05, 0.1) is 32.2 Å². The number of hydrogen-bond acceptors (Lipinski definition) is 10. The molecule has 5 aromatic carbocycles. The highest BCUT2D eigenvalue weighted by atomic mass is 16.5. The van der Waals surface area contributed by atoms with Crippen molar-refractivity contribution in [2.24, 2.45) is 17.8 Å². The molecule has 1 fully saturated rings. The normalized spacial score (nSPS) is 25.2. The van der Waals surface area contributed by atoms with Crippen LogP contribution in [0.5, 0.6) is 23.0 Å². The smallest absolute Gasteiger partial charge is 0.168 e. The van der Waals surface area contributed by atoms with E-state index in [0.717, 1.165) is 112 Å². The molecule has 75 heavy (non-hydrogen) atoms. The van der Waals surface area contributed by atoms with Crippen molar-refractivity contribution >= 4 is 22.7 Å². The molecule has 7 atom stereocenters. The summed E-state index contributed by atoms with van der Waals surface area (Å²) in [6.45, 7) is 2.20. The molecule has 5 aliphatic heterocycles. The molecule has 0 amide bonds. The maximum absolute atomic E-state index is 12.1. The van der Waals surface area contributed by atoms with Crippen LogP contribution in [0.2, 0.25) is 0 Å². The van der Waals surface area contributed by atoms with E-state index in [-0.39, 0.29) is 60.0 Å². The van der Waals surface area contributed by atoms with Crippen molar-refractivity contribution in [1.29, 1.82) is 0 Å². The van der Waals surface area contributed by atoms with Gasteiger partial charge < -0.3 is 49.3 Å². The van der Waals surface area contributed by atoms with Crippen LogP contribution in [0.3, 0.4) is 0 Å². The number of aromatic nitrogens is 1. The molecule has 0 saturated carbocycles. The Labute approximate surface area is 439 Å². The van der Waals surface area contributed by atoms with Crippen molar-refractivity contribution < 1.29 is 39.4 Å². The molecule has 6 aromatic rings. The van der Waals surface area contributed by atoms with Gasteiger partial charge >= 0.3 is 0 Å². The Morgan fingerprint density at radius 1 is 0.893 bits per heavy atom. The number of phenolic OH excluding ortho intramolecular Hbond substituents is 3. The SMILES string of the molecule is COCNC1C=C2C#C[C@@H](CCc3ccc(O)c(Cc4cccc(O)c4)c3)CCC[C@H]3C[C@H](O)[C@@H]4C=Cc5c(ccc(O)c5OCc5cc([C@@]67CCOC[C@H]6CCc6ccccc67)cc6cn(cc56)C(=C2CO3)N1)C4. The van der Waals surface area contributed by atoms with Crippen LogP contribution >= 0.6 is 0 Å². The van der Waals surface area contributed by atoms with Crippen LogP contribution < -0.4 is 15.4 Å². The second-order valence-electron chi connectivity index (χ2n) is 21.6. The molecule has 1 saturated heterocycles. The highest BCUT2D eigenvalue weighted by Crippen LogP contribution is 2.52. The van der Waals surface area contributed by atoms with E-state index >= 15 is 0 Å². The lowest BCUT2D eigenvalue weighted by Crippen LogP contribution is -2.47. The molecule has 8 bridgehead atoms. The fourth-order valence-corrected chi connectivity index (χ4v) is 13.0. The molecule has 11 heteroatoms. The van der Waals surface area contributed by atoms with Crippen LogP contribution in [0.25, 0.3) is 22.7 Å². The van der Waals surface area contributed by atoms with Gasteiger partial charge in [0.25, 0.3) is 0 Å². The first-order valence-corrected chi connectivity index (χ1v) is 27.0. The standard InChI is InChI=1S/C64H67N3O8/c1-72-39-65-61-32-45-16-14-40(12-13-41-15-22-58(69)47(26-41)27-42-7-4-9-52(68)28-42)6-5-10-53-33-60(71)46-18-21-54-44(29-46)19-23-59(70)62(54)75-36-49-31-51(30-48-34-67(35-55(48)49)63(66-61)56(45)38-74-53)64-24-25-73-37-50(64)20-17-43-8-2-3-11-57(43)64/h2-4,7-9,11,15,18-19,21-23,26,28,30-32,34-35,40,46,50,53,60-61,65-66,68-71H,5-6,10,12-13,17,20,24-25,27,29,33,36-39H2,1H3/t40-,46-,50-,53+,60+,61?,64-/m1/s1. The second kappa shape index (κ2) is 21.1. The van der Waals surface area contributed by atoms with Gasteiger partial charge in [-0.1, -0.05) is 84.7 Å². The summed E-state index contributed by atoms with van der Waals surface area (Å²) in [5, 5.41) is 54.1. The highest BCUT2D eigenvalue weighted by molar-refractivity contribution is 5.89. The molecular formula is C64H67N3O8. The first kappa shape index (κ1) is 49.1. The van der Waals surface area contributed by atoms with E-state index < -0.39 is 6.10 Å². The molecule has 0 radical (unpaired) electrons. The highest BCUT2D eigenvalue weighted by Gasteiger charge is 2.48. The molecule has 2 aliphatic carbocycles. The Morgan fingerprint density at radius 2 is 1.80 bits per heavy atom. The van der Waals surface area contributed by atoms with E-state index in [1.54, 1.807) is 31.4 Å². The quantitative estimate of drug-likeness (QED) is 0.0611. The van der Waals surface area contributed by atoms with E-state index in [2.05, 4.69) is 94.1 Å². The number of hydrogen-bond donors (Lipinski definition) is 6. The van der Waals surface area contributed by atoms with Crippen molar-refractivity contribution in [3.63, 3.8) is 0 Å². The minimum absolute atomic E-state index is 0.0568. The van der Waals surface area contributed by atoms with E-state index in [4.69, 9.17) is 18.9 Å².